The van der Waals surface area contributed by atoms with Gasteiger partial charge in [-0.25, -0.2) is 0 Å². The van der Waals surface area contributed by atoms with Gasteiger partial charge in [-0.1, -0.05) is 24.3 Å². The van der Waals surface area contributed by atoms with E-state index in [4.69, 9.17) is 9.47 Å². The first-order valence-corrected chi connectivity index (χ1v) is 9.32. The molecule has 0 amide bonds. The molecule has 1 atom stereocenters. The van der Waals surface area contributed by atoms with E-state index >= 15 is 0 Å². The monoisotopic (exact) mass is 353 g/mol. The third kappa shape index (κ3) is 4.44. The second-order valence-electron chi connectivity index (χ2n) is 6.72. The van der Waals surface area contributed by atoms with E-state index < -0.39 is 0 Å². The molecule has 0 aliphatic carbocycles. The van der Waals surface area contributed by atoms with Crippen molar-refractivity contribution in [1.29, 1.82) is 0 Å². The number of carbonyl (C=O) groups is 1. The third-order valence-corrected chi connectivity index (χ3v) is 4.89. The molecule has 1 saturated heterocycles. The normalized spacial score (nSPS) is 17.7. The SMILES string of the molecule is CCOc1ccc(CN2CCC[C@H](C(=O)c3ccccc3OC)C2)cc1. The van der Waals surface area contributed by atoms with Gasteiger partial charge in [0.1, 0.15) is 11.5 Å². The van der Waals surface area contributed by atoms with E-state index in [1.165, 1.54) is 5.56 Å². The predicted octanol–water partition coefficient (Wildman–Crippen LogP) is 4.19. The van der Waals surface area contributed by atoms with E-state index in [-0.39, 0.29) is 11.7 Å². The van der Waals surface area contributed by atoms with Crippen molar-refractivity contribution >= 4 is 5.78 Å². The molecule has 26 heavy (non-hydrogen) atoms. The molecule has 1 aliphatic heterocycles. The van der Waals surface area contributed by atoms with Crippen molar-refractivity contribution < 1.29 is 14.3 Å². The average molecular weight is 353 g/mol. The number of nitrogens with zero attached hydrogens (tertiary/aromatic N) is 1. The van der Waals surface area contributed by atoms with Gasteiger partial charge in [-0.15, -0.1) is 0 Å². The highest BCUT2D eigenvalue weighted by Gasteiger charge is 2.28. The van der Waals surface area contributed by atoms with Gasteiger partial charge in [0.05, 0.1) is 19.3 Å². The molecule has 0 spiro atoms. The van der Waals surface area contributed by atoms with Crippen LogP contribution in [0.1, 0.15) is 35.7 Å². The minimum absolute atomic E-state index is 0.0303. The number of hydrogen-bond acceptors (Lipinski definition) is 4. The number of Topliss-reactive ketones (excluding diaryl/α,β-unsaturated/α-hetero) is 1. The van der Waals surface area contributed by atoms with Crippen molar-refractivity contribution in [1.82, 2.24) is 4.90 Å². The number of piperidine rings is 1. The second-order valence-corrected chi connectivity index (χ2v) is 6.72. The van der Waals surface area contributed by atoms with Gasteiger partial charge in [0.15, 0.2) is 5.78 Å². The Morgan fingerprint density at radius 1 is 1.15 bits per heavy atom. The summed E-state index contributed by atoms with van der Waals surface area (Å²) in [6, 6.07) is 15.8. The number of benzene rings is 2. The summed E-state index contributed by atoms with van der Waals surface area (Å²) in [7, 11) is 1.62. The van der Waals surface area contributed by atoms with Crippen molar-refractivity contribution in [3.05, 3.63) is 59.7 Å². The number of carbonyl (C=O) groups excluding carboxylic acids is 1. The van der Waals surface area contributed by atoms with Crippen LogP contribution in [0.4, 0.5) is 0 Å². The highest BCUT2D eigenvalue weighted by atomic mass is 16.5. The van der Waals surface area contributed by atoms with E-state index in [2.05, 4.69) is 17.0 Å². The van der Waals surface area contributed by atoms with Crippen molar-refractivity contribution in [2.45, 2.75) is 26.3 Å². The molecule has 1 heterocycles. The maximum atomic E-state index is 13.0. The zero-order chi connectivity index (χ0) is 18.4. The van der Waals surface area contributed by atoms with Crippen molar-refractivity contribution in [3.8, 4) is 11.5 Å². The molecule has 138 valence electrons. The Hall–Kier alpha value is -2.33. The maximum Gasteiger partial charge on any atom is 0.170 e. The molecule has 0 N–H and O–H groups in total. The lowest BCUT2D eigenvalue weighted by molar-refractivity contribution is 0.0808. The molecular formula is C22H27NO3. The van der Waals surface area contributed by atoms with Gasteiger partial charge in [-0.05, 0) is 56.1 Å². The van der Waals surface area contributed by atoms with Crippen LogP contribution in [0.5, 0.6) is 11.5 Å². The van der Waals surface area contributed by atoms with Crippen LogP contribution >= 0.6 is 0 Å². The van der Waals surface area contributed by atoms with Crippen LogP contribution < -0.4 is 9.47 Å². The summed E-state index contributed by atoms with van der Waals surface area (Å²) in [6.07, 6.45) is 1.99. The smallest absolute Gasteiger partial charge is 0.170 e. The first kappa shape index (κ1) is 18.5. The number of likely N-dealkylation sites (tertiary alicyclic amines) is 1. The summed E-state index contributed by atoms with van der Waals surface area (Å²) < 4.78 is 10.9. The molecule has 2 aromatic carbocycles. The third-order valence-electron chi connectivity index (χ3n) is 4.89. The number of rotatable bonds is 7. The standard InChI is InChI=1S/C22H27NO3/c1-3-26-19-12-10-17(11-13-19)15-23-14-6-7-18(16-23)22(24)20-8-4-5-9-21(20)25-2/h4-5,8-13,18H,3,6-7,14-16H2,1-2H3/t18-/m0/s1. The van der Waals surface area contributed by atoms with Crippen LogP contribution in [0.3, 0.4) is 0 Å². The van der Waals surface area contributed by atoms with Crippen LogP contribution in [0.2, 0.25) is 0 Å². The fourth-order valence-corrected chi connectivity index (χ4v) is 3.60. The van der Waals surface area contributed by atoms with E-state index in [9.17, 15) is 4.79 Å². The Morgan fingerprint density at radius 2 is 1.92 bits per heavy atom. The lowest BCUT2D eigenvalue weighted by atomic mass is 9.89. The highest BCUT2D eigenvalue weighted by molar-refractivity contribution is 6.00. The summed E-state index contributed by atoms with van der Waals surface area (Å²) in [4.78, 5) is 15.3. The van der Waals surface area contributed by atoms with Crippen LogP contribution in [0.25, 0.3) is 0 Å². The fraction of sp³-hybridized carbons (Fsp3) is 0.409. The van der Waals surface area contributed by atoms with Gasteiger partial charge in [-0.2, -0.15) is 0 Å². The quantitative estimate of drug-likeness (QED) is 0.700. The number of para-hydroxylation sites is 1. The Balaban J connectivity index is 1.64. The molecule has 4 heteroatoms. The minimum atomic E-state index is 0.0303. The van der Waals surface area contributed by atoms with E-state index in [0.29, 0.717) is 17.9 Å². The molecular weight excluding hydrogens is 326 g/mol. The Bertz CT molecular complexity index is 726. The second kappa shape index (κ2) is 8.86. The molecule has 1 aliphatic rings. The van der Waals surface area contributed by atoms with Gasteiger partial charge in [0.2, 0.25) is 0 Å². The van der Waals surface area contributed by atoms with Gasteiger partial charge in [0.25, 0.3) is 0 Å². The van der Waals surface area contributed by atoms with E-state index in [0.717, 1.165) is 38.2 Å². The zero-order valence-electron chi connectivity index (χ0n) is 15.6. The van der Waals surface area contributed by atoms with Crippen LogP contribution in [-0.2, 0) is 6.54 Å². The lowest BCUT2D eigenvalue weighted by Gasteiger charge is -2.32. The van der Waals surface area contributed by atoms with Crippen LogP contribution in [0, 0.1) is 5.92 Å². The van der Waals surface area contributed by atoms with Crippen molar-refractivity contribution in [3.63, 3.8) is 0 Å². The highest BCUT2D eigenvalue weighted by Crippen LogP contribution is 2.27. The summed E-state index contributed by atoms with van der Waals surface area (Å²) in [6.45, 7) is 5.36. The molecule has 0 saturated carbocycles. The molecule has 3 rings (SSSR count). The minimum Gasteiger partial charge on any atom is -0.496 e. The van der Waals surface area contributed by atoms with E-state index in [1.807, 2.05) is 43.3 Å². The Kier molecular flexibility index (Phi) is 6.29. The number of methoxy groups -OCH3 is 1. The first-order valence-electron chi connectivity index (χ1n) is 9.32. The zero-order valence-corrected chi connectivity index (χ0v) is 15.6. The van der Waals surface area contributed by atoms with Crippen LogP contribution in [-0.4, -0.2) is 37.5 Å². The van der Waals surface area contributed by atoms with Gasteiger partial charge in [-0.3, -0.25) is 9.69 Å². The number of ketones is 1. The fourth-order valence-electron chi connectivity index (χ4n) is 3.60. The summed E-state index contributed by atoms with van der Waals surface area (Å²) >= 11 is 0. The molecule has 2 aromatic rings. The summed E-state index contributed by atoms with van der Waals surface area (Å²) in [5.41, 5.74) is 1.95. The lowest BCUT2D eigenvalue weighted by Crippen LogP contribution is -2.38. The maximum absolute atomic E-state index is 13.0. The average Bonchev–Trinajstić information content (AvgIpc) is 2.69. The van der Waals surface area contributed by atoms with E-state index in [1.54, 1.807) is 7.11 Å². The predicted molar refractivity (Wildman–Crippen MR) is 103 cm³/mol. The van der Waals surface area contributed by atoms with Crippen LogP contribution in [0.15, 0.2) is 48.5 Å². The number of ether oxygens (including phenoxy) is 2. The Morgan fingerprint density at radius 3 is 2.65 bits per heavy atom. The molecule has 4 nitrogen and oxygen atoms in total. The Labute approximate surface area is 155 Å². The summed E-state index contributed by atoms with van der Waals surface area (Å²) in [5, 5.41) is 0. The summed E-state index contributed by atoms with van der Waals surface area (Å²) in [5.74, 6) is 1.79. The molecule has 0 aromatic heterocycles. The number of hydrogen-bond donors (Lipinski definition) is 0. The van der Waals surface area contributed by atoms with Crippen molar-refractivity contribution in [2.24, 2.45) is 5.92 Å². The molecule has 0 bridgehead atoms. The van der Waals surface area contributed by atoms with Gasteiger partial charge < -0.3 is 9.47 Å². The van der Waals surface area contributed by atoms with Crippen molar-refractivity contribution in [2.75, 3.05) is 26.8 Å². The largest absolute Gasteiger partial charge is 0.496 e. The van der Waals surface area contributed by atoms with Gasteiger partial charge >= 0.3 is 0 Å². The molecule has 0 radical (unpaired) electrons. The first-order chi connectivity index (χ1) is 12.7. The molecule has 0 unspecified atom stereocenters. The molecule has 1 fully saturated rings. The topological polar surface area (TPSA) is 38.8 Å². The van der Waals surface area contributed by atoms with Gasteiger partial charge in [0, 0.05) is 19.0 Å².